The van der Waals surface area contributed by atoms with E-state index in [0.717, 1.165) is 12.8 Å². The zero-order valence-corrected chi connectivity index (χ0v) is 25.1. The molecular weight excluding hydrogens is 535 g/mol. The summed E-state index contributed by atoms with van der Waals surface area (Å²) < 4.78 is 23.3. The van der Waals surface area contributed by atoms with Crippen LogP contribution in [0.4, 0.5) is 0 Å². The summed E-state index contributed by atoms with van der Waals surface area (Å²) in [6, 6.07) is -0.895. The molecule has 4 aliphatic rings. The minimum Gasteiger partial charge on any atom is -0.404 e. The number of guanidine groups is 1. The molecule has 2 amide bonds. The number of nitrogens with zero attached hydrogens (tertiary/aromatic N) is 1. The Hall–Kier alpha value is -2.49. The van der Waals surface area contributed by atoms with Gasteiger partial charge in [-0.25, -0.2) is 10.1 Å². The molecule has 0 aromatic heterocycles. The minimum atomic E-state index is -0.895. The lowest BCUT2D eigenvalue weighted by Crippen LogP contribution is -2.65. The number of methoxy groups -OCH3 is 1. The largest absolute Gasteiger partial charge is 0.481 e. The Kier molecular flexibility index (Phi) is 11.4. The fourth-order valence-electron chi connectivity index (χ4n) is 6.56. The number of hydrazine groups is 1. The molecule has 5 N–H and O–H groups in total. The molecule has 3 saturated carbocycles. The van der Waals surface area contributed by atoms with Gasteiger partial charge in [-0.3, -0.25) is 15.0 Å². The third-order valence-corrected chi connectivity index (χ3v) is 8.84. The van der Waals surface area contributed by atoms with Crippen molar-refractivity contribution in [3.8, 4) is 0 Å². The number of carbonyl (C=O) groups excluding carboxylic acids is 2. The quantitative estimate of drug-likeness (QED) is 0.0439. The summed E-state index contributed by atoms with van der Waals surface area (Å²) in [5.74, 6) is -0.469. The molecule has 4 rings (SSSR count). The van der Waals surface area contributed by atoms with Crippen LogP contribution < -0.4 is 21.4 Å². The first-order valence-corrected chi connectivity index (χ1v) is 14.5. The number of ether oxygens (including phenoxy) is 2. The number of hydrogen-bond acceptors (Lipinski definition) is 9. The Morgan fingerprint density at radius 1 is 1.20 bits per heavy atom. The van der Waals surface area contributed by atoms with Gasteiger partial charge < -0.3 is 34.7 Å². The molecule has 1 heterocycles. The number of nitro groups is 1. The van der Waals surface area contributed by atoms with Crippen LogP contribution in [-0.4, -0.2) is 87.1 Å². The molecule has 0 aromatic carbocycles. The predicted octanol–water partition coefficient (Wildman–Crippen LogP) is 1.02. The average molecular weight is 583 g/mol. The van der Waals surface area contributed by atoms with Gasteiger partial charge in [-0.05, 0) is 62.2 Å². The SMILES string of the molecule is COCCOCC(=O)N[C@@H](CCCNC(=N)N[N+](=O)[O-])C(=O)N[C@@H](CC(C)C)B1O[C@@H]2C[C@@H]3C[C@@H](C3(C)C)[C@]2(C)O1. The molecule has 0 unspecified atom stereocenters. The topological polar surface area (TPSA) is 186 Å². The highest BCUT2D eigenvalue weighted by Gasteiger charge is 2.68. The van der Waals surface area contributed by atoms with Crippen molar-refractivity contribution in [2.75, 3.05) is 33.5 Å². The van der Waals surface area contributed by atoms with Crippen LogP contribution in [0.25, 0.3) is 0 Å². The monoisotopic (exact) mass is 582 g/mol. The Morgan fingerprint density at radius 3 is 2.56 bits per heavy atom. The van der Waals surface area contributed by atoms with E-state index in [-0.39, 0.29) is 49.5 Å². The summed E-state index contributed by atoms with van der Waals surface area (Å²) in [6.45, 7) is 11.4. The van der Waals surface area contributed by atoms with Gasteiger partial charge in [-0.1, -0.05) is 33.1 Å². The van der Waals surface area contributed by atoms with Crippen LogP contribution in [-0.2, 0) is 28.4 Å². The molecule has 41 heavy (non-hydrogen) atoms. The van der Waals surface area contributed by atoms with Crippen molar-refractivity contribution in [3.63, 3.8) is 0 Å². The van der Waals surface area contributed by atoms with Gasteiger partial charge in [-0.15, -0.1) is 0 Å². The second-order valence-electron chi connectivity index (χ2n) is 12.6. The maximum Gasteiger partial charge on any atom is 0.481 e. The fourth-order valence-corrected chi connectivity index (χ4v) is 6.56. The molecule has 1 aliphatic heterocycles. The molecule has 14 nitrogen and oxygen atoms in total. The zero-order valence-electron chi connectivity index (χ0n) is 25.1. The minimum absolute atomic E-state index is 0.0234. The first-order valence-electron chi connectivity index (χ1n) is 14.5. The van der Waals surface area contributed by atoms with Crippen molar-refractivity contribution in [2.24, 2.45) is 23.2 Å². The van der Waals surface area contributed by atoms with E-state index in [4.69, 9.17) is 24.2 Å². The molecule has 3 aliphatic carbocycles. The molecule has 15 heteroatoms. The van der Waals surface area contributed by atoms with Crippen molar-refractivity contribution in [1.29, 1.82) is 5.41 Å². The molecule has 4 fully saturated rings. The van der Waals surface area contributed by atoms with E-state index in [0.29, 0.717) is 31.3 Å². The van der Waals surface area contributed by atoms with E-state index < -0.39 is 41.6 Å². The Labute approximate surface area is 242 Å². The zero-order chi connectivity index (χ0) is 30.4. The molecule has 1 saturated heterocycles. The maximum atomic E-state index is 13.6. The lowest BCUT2D eigenvalue weighted by atomic mass is 9.43. The highest BCUT2D eigenvalue weighted by molar-refractivity contribution is 6.48. The second-order valence-corrected chi connectivity index (χ2v) is 12.6. The molecule has 232 valence electrons. The number of rotatable bonds is 16. The highest BCUT2D eigenvalue weighted by Crippen LogP contribution is 2.65. The van der Waals surface area contributed by atoms with E-state index in [1.807, 2.05) is 0 Å². The molecular formula is C26H47BN6O8. The van der Waals surface area contributed by atoms with E-state index in [1.54, 1.807) is 5.43 Å². The maximum absolute atomic E-state index is 13.6. The van der Waals surface area contributed by atoms with E-state index in [2.05, 4.69) is 50.6 Å². The average Bonchev–Trinajstić information content (AvgIpc) is 3.24. The summed E-state index contributed by atoms with van der Waals surface area (Å²) in [6.07, 6.45) is 3.25. The van der Waals surface area contributed by atoms with Crippen LogP contribution in [0.2, 0.25) is 0 Å². The summed E-state index contributed by atoms with van der Waals surface area (Å²) in [7, 11) is 0.930. The summed E-state index contributed by atoms with van der Waals surface area (Å²) in [5.41, 5.74) is 1.50. The van der Waals surface area contributed by atoms with Crippen LogP contribution in [0.5, 0.6) is 0 Å². The summed E-state index contributed by atoms with van der Waals surface area (Å²) in [4.78, 5) is 36.7. The number of nitrogens with one attached hydrogen (secondary N) is 5. The number of hydrogen-bond donors (Lipinski definition) is 5. The molecule has 6 atom stereocenters. The van der Waals surface area contributed by atoms with Gasteiger partial charge in [0.15, 0.2) is 5.03 Å². The van der Waals surface area contributed by atoms with Gasteiger partial charge in [0.25, 0.3) is 5.96 Å². The Balaban J connectivity index is 1.65. The lowest BCUT2D eigenvalue weighted by Gasteiger charge is -2.64. The molecule has 0 spiro atoms. The normalized spacial score (nSPS) is 27.3. The van der Waals surface area contributed by atoms with Gasteiger partial charge >= 0.3 is 7.12 Å². The van der Waals surface area contributed by atoms with Gasteiger partial charge in [0.1, 0.15) is 12.6 Å². The van der Waals surface area contributed by atoms with Gasteiger partial charge in [0.05, 0.1) is 30.9 Å². The molecule has 0 radical (unpaired) electrons. The standard InChI is InChI=1S/C26H47BN6O8/c1-16(2)12-21(27-40-20-14-17-13-19(25(17,3)4)26(20,5)41-27)31-23(35)18(30-22(34)15-39-11-10-38-6)8-7-9-29-24(28)32-33(36)37/h16-21H,7-15H2,1-6H3,(H,30,34)(H,31,35)(H3,28,29,32)/t17-,18-,19-,20+,21-,26-/m0/s1. The van der Waals surface area contributed by atoms with E-state index in [9.17, 15) is 19.7 Å². The van der Waals surface area contributed by atoms with Crippen molar-refractivity contribution in [1.82, 2.24) is 21.4 Å². The third-order valence-electron chi connectivity index (χ3n) is 8.84. The van der Waals surface area contributed by atoms with Crippen LogP contribution in [0.1, 0.15) is 66.7 Å². The van der Waals surface area contributed by atoms with Gasteiger partial charge in [-0.2, -0.15) is 0 Å². The molecule has 0 aromatic rings. The van der Waals surface area contributed by atoms with Crippen molar-refractivity contribution in [2.45, 2.75) is 90.4 Å². The van der Waals surface area contributed by atoms with Gasteiger partial charge in [0.2, 0.25) is 11.8 Å². The Morgan fingerprint density at radius 2 is 1.93 bits per heavy atom. The first kappa shape index (κ1) is 33.0. The second kappa shape index (κ2) is 14.1. The van der Waals surface area contributed by atoms with Gasteiger partial charge in [0, 0.05) is 13.7 Å². The highest BCUT2D eigenvalue weighted by atomic mass is 16.7. The van der Waals surface area contributed by atoms with Crippen molar-refractivity contribution >= 4 is 24.9 Å². The predicted molar refractivity (Wildman–Crippen MR) is 151 cm³/mol. The third kappa shape index (κ3) is 8.30. The lowest BCUT2D eigenvalue weighted by molar-refractivity contribution is -0.525. The smallest absolute Gasteiger partial charge is 0.404 e. The van der Waals surface area contributed by atoms with Crippen LogP contribution >= 0.6 is 0 Å². The van der Waals surface area contributed by atoms with Crippen LogP contribution in [0.3, 0.4) is 0 Å². The summed E-state index contributed by atoms with van der Waals surface area (Å²) >= 11 is 0. The molecule has 2 bridgehead atoms. The fraction of sp³-hybridized carbons (Fsp3) is 0.885. The van der Waals surface area contributed by atoms with E-state index >= 15 is 0 Å². The number of amides is 2. The van der Waals surface area contributed by atoms with Crippen LogP contribution in [0, 0.1) is 38.7 Å². The first-order chi connectivity index (χ1) is 19.3. The van der Waals surface area contributed by atoms with E-state index in [1.165, 1.54) is 7.11 Å². The summed E-state index contributed by atoms with van der Waals surface area (Å²) in [5, 5.41) is 25.6. The van der Waals surface area contributed by atoms with Crippen molar-refractivity contribution in [3.05, 3.63) is 10.1 Å². The van der Waals surface area contributed by atoms with Crippen molar-refractivity contribution < 1.29 is 33.4 Å². The number of carbonyl (C=O) groups is 2. The van der Waals surface area contributed by atoms with Crippen LogP contribution in [0.15, 0.2) is 0 Å². The Bertz CT molecular complexity index is 955.